The number of nitrogens with one attached hydrogen (secondary N) is 1. The van der Waals surface area contributed by atoms with Crippen LogP contribution in [-0.4, -0.2) is 0 Å². The fourth-order valence-electron chi connectivity index (χ4n) is 1.36. The van der Waals surface area contributed by atoms with Crippen molar-refractivity contribution in [3.8, 4) is 12.3 Å². The van der Waals surface area contributed by atoms with Crippen molar-refractivity contribution in [3.05, 3.63) is 35.2 Å². The zero-order valence-electron chi connectivity index (χ0n) is 7.53. The minimum Gasteiger partial charge on any atom is -0.270 e. The highest BCUT2D eigenvalue weighted by Crippen LogP contribution is 2.28. The second kappa shape index (κ2) is 3.81. The van der Waals surface area contributed by atoms with Crippen LogP contribution in [0.25, 0.3) is 10.1 Å². The lowest BCUT2D eigenvalue weighted by atomic mass is 10.2. The average molecular weight is 202 g/mol. The van der Waals surface area contributed by atoms with Crippen molar-refractivity contribution in [1.29, 1.82) is 0 Å². The molecule has 0 spiro atoms. The molecule has 0 saturated carbocycles. The summed E-state index contributed by atoms with van der Waals surface area (Å²) in [6.07, 6.45) is 5.35. The summed E-state index contributed by atoms with van der Waals surface area (Å²) in [5.41, 5.74) is 2.60. The summed E-state index contributed by atoms with van der Waals surface area (Å²) >= 11 is 1.67. The number of rotatable bonds is 2. The molecule has 2 rings (SSSR count). The van der Waals surface area contributed by atoms with Crippen LogP contribution >= 0.6 is 11.3 Å². The monoisotopic (exact) mass is 202 g/mol. The molecule has 0 radical (unpaired) electrons. The molecule has 0 saturated heterocycles. The number of thiophene rings is 1. The van der Waals surface area contributed by atoms with Gasteiger partial charge in [0.1, 0.15) is 6.04 Å². The molecule has 3 heteroatoms. The lowest BCUT2D eigenvalue weighted by molar-refractivity contribution is 0.684. The van der Waals surface area contributed by atoms with Crippen LogP contribution in [0.15, 0.2) is 30.3 Å². The Bertz CT molecular complexity index is 448. The number of hydrogen-bond donors (Lipinski definition) is 2. The number of hydrazine groups is 1. The van der Waals surface area contributed by atoms with E-state index in [1.54, 1.807) is 11.3 Å². The molecule has 14 heavy (non-hydrogen) atoms. The van der Waals surface area contributed by atoms with Crippen molar-refractivity contribution in [3.63, 3.8) is 0 Å². The van der Waals surface area contributed by atoms with Gasteiger partial charge in [0, 0.05) is 9.58 Å². The highest BCUT2D eigenvalue weighted by Gasteiger charge is 2.09. The van der Waals surface area contributed by atoms with Crippen molar-refractivity contribution < 1.29 is 0 Å². The maximum Gasteiger partial charge on any atom is 0.116 e. The van der Waals surface area contributed by atoms with E-state index in [9.17, 15) is 0 Å². The molecule has 1 unspecified atom stereocenters. The summed E-state index contributed by atoms with van der Waals surface area (Å²) in [5, 5.41) is 1.21. The number of terminal acetylenes is 1. The van der Waals surface area contributed by atoms with Crippen LogP contribution in [0.5, 0.6) is 0 Å². The summed E-state index contributed by atoms with van der Waals surface area (Å²) in [4.78, 5) is 1.08. The van der Waals surface area contributed by atoms with Gasteiger partial charge in [0.2, 0.25) is 0 Å². The van der Waals surface area contributed by atoms with Gasteiger partial charge in [0.05, 0.1) is 0 Å². The Kier molecular flexibility index (Phi) is 2.51. The molecule has 2 nitrogen and oxygen atoms in total. The number of fused-ring (bicyclic) bond motifs is 1. The lowest BCUT2D eigenvalue weighted by Crippen LogP contribution is -2.25. The maximum absolute atomic E-state index is 5.35. The Morgan fingerprint density at radius 2 is 2.21 bits per heavy atom. The Hall–Kier alpha value is -1.34. The fraction of sp³-hybridized carbons (Fsp3) is 0.0909. The first kappa shape index (κ1) is 9.22. The normalized spacial score (nSPS) is 12.6. The SMILES string of the molecule is C#CC(NN)c1cc2ccccc2s1. The predicted octanol–water partition coefficient (Wildman–Crippen LogP) is 2.04. The van der Waals surface area contributed by atoms with Crippen molar-refractivity contribution >= 4 is 21.4 Å². The topological polar surface area (TPSA) is 38.0 Å². The maximum atomic E-state index is 5.35. The van der Waals surface area contributed by atoms with Gasteiger partial charge in [0.15, 0.2) is 0 Å². The van der Waals surface area contributed by atoms with Crippen LogP contribution < -0.4 is 11.3 Å². The molecule has 1 aromatic carbocycles. The molecular weight excluding hydrogens is 192 g/mol. The molecule has 0 amide bonds. The first-order chi connectivity index (χ1) is 6.85. The summed E-state index contributed by atoms with van der Waals surface area (Å²) in [5.74, 6) is 7.95. The molecule has 0 aliphatic carbocycles. The molecule has 0 aliphatic rings. The Morgan fingerprint density at radius 3 is 2.86 bits per heavy atom. The summed E-state index contributed by atoms with van der Waals surface area (Å²) in [6.45, 7) is 0. The fourth-order valence-corrected chi connectivity index (χ4v) is 2.44. The molecule has 2 aromatic rings. The number of hydrogen-bond acceptors (Lipinski definition) is 3. The summed E-state index contributed by atoms with van der Waals surface area (Å²) < 4.78 is 1.23. The second-order valence-electron chi connectivity index (χ2n) is 2.95. The molecule has 0 bridgehead atoms. The lowest BCUT2D eigenvalue weighted by Gasteiger charge is -2.04. The van der Waals surface area contributed by atoms with E-state index in [0.717, 1.165) is 4.88 Å². The first-order valence-electron chi connectivity index (χ1n) is 4.26. The Labute approximate surface area is 86.7 Å². The van der Waals surface area contributed by atoms with Crippen LogP contribution in [-0.2, 0) is 0 Å². The highest BCUT2D eigenvalue weighted by atomic mass is 32.1. The van der Waals surface area contributed by atoms with E-state index in [0.29, 0.717) is 0 Å². The highest BCUT2D eigenvalue weighted by molar-refractivity contribution is 7.19. The van der Waals surface area contributed by atoms with Crippen LogP contribution in [0.2, 0.25) is 0 Å². The van der Waals surface area contributed by atoms with Gasteiger partial charge in [-0.1, -0.05) is 24.1 Å². The molecular formula is C11H10N2S. The first-order valence-corrected chi connectivity index (χ1v) is 5.07. The molecule has 1 aromatic heterocycles. The van der Waals surface area contributed by atoms with Crippen molar-refractivity contribution in [1.82, 2.24) is 5.43 Å². The van der Waals surface area contributed by atoms with Crippen LogP contribution in [0.1, 0.15) is 10.9 Å². The van der Waals surface area contributed by atoms with Gasteiger partial charge in [-0.15, -0.1) is 17.8 Å². The van der Waals surface area contributed by atoms with Gasteiger partial charge in [-0.25, -0.2) is 5.43 Å². The summed E-state index contributed by atoms with van der Waals surface area (Å²) in [6, 6.07) is 10.1. The van der Waals surface area contributed by atoms with Gasteiger partial charge in [-0.2, -0.15) is 0 Å². The molecule has 3 N–H and O–H groups in total. The number of nitrogens with two attached hydrogens (primary N) is 1. The zero-order chi connectivity index (χ0) is 9.97. The number of benzene rings is 1. The quantitative estimate of drug-likeness (QED) is 0.444. The minimum atomic E-state index is -0.188. The molecule has 1 atom stereocenters. The van der Waals surface area contributed by atoms with Crippen LogP contribution in [0.4, 0.5) is 0 Å². The predicted molar refractivity (Wildman–Crippen MR) is 60.7 cm³/mol. The van der Waals surface area contributed by atoms with E-state index in [2.05, 4.69) is 29.5 Å². The van der Waals surface area contributed by atoms with E-state index in [1.807, 2.05) is 12.1 Å². The Balaban J connectivity index is 2.50. The van der Waals surface area contributed by atoms with Crippen molar-refractivity contribution in [2.75, 3.05) is 0 Å². The summed E-state index contributed by atoms with van der Waals surface area (Å²) in [7, 11) is 0. The van der Waals surface area contributed by atoms with Gasteiger partial charge in [0.25, 0.3) is 0 Å². The van der Waals surface area contributed by atoms with Crippen molar-refractivity contribution in [2.24, 2.45) is 5.84 Å². The van der Waals surface area contributed by atoms with Crippen molar-refractivity contribution in [2.45, 2.75) is 6.04 Å². The van der Waals surface area contributed by atoms with E-state index in [1.165, 1.54) is 10.1 Å². The third-order valence-electron chi connectivity index (χ3n) is 2.06. The van der Waals surface area contributed by atoms with E-state index in [-0.39, 0.29) is 6.04 Å². The molecule has 0 aliphatic heterocycles. The molecule has 0 fully saturated rings. The van der Waals surface area contributed by atoms with E-state index >= 15 is 0 Å². The van der Waals surface area contributed by atoms with Gasteiger partial charge >= 0.3 is 0 Å². The van der Waals surface area contributed by atoms with Crippen LogP contribution in [0.3, 0.4) is 0 Å². The smallest absolute Gasteiger partial charge is 0.116 e. The van der Waals surface area contributed by atoms with Crippen LogP contribution in [0, 0.1) is 12.3 Å². The van der Waals surface area contributed by atoms with Gasteiger partial charge in [-0.3, -0.25) is 5.84 Å². The average Bonchev–Trinajstić information content (AvgIpc) is 2.63. The second-order valence-corrected chi connectivity index (χ2v) is 4.07. The Morgan fingerprint density at radius 1 is 1.43 bits per heavy atom. The standard InChI is InChI=1S/C11H10N2S/c1-2-9(13-12)11-7-8-5-3-4-6-10(8)14-11/h1,3-7,9,13H,12H2. The molecule has 70 valence electrons. The third kappa shape index (κ3) is 1.51. The largest absolute Gasteiger partial charge is 0.270 e. The third-order valence-corrected chi connectivity index (χ3v) is 3.24. The molecule has 1 heterocycles. The van der Waals surface area contributed by atoms with E-state index in [4.69, 9.17) is 12.3 Å². The van der Waals surface area contributed by atoms with E-state index < -0.39 is 0 Å². The van der Waals surface area contributed by atoms with Gasteiger partial charge in [-0.05, 0) is 17.5 Å². The zero-order valence-corrected chi connectivity index (χ0v) is 8.34. The van der Waals surface area contributed by atoms with Gasteiger partial charge < -0.3 is 0 Å². The minimum absolute atomic E-state index is 0.188.